The molecular formula is C24H25ClN2O6S. The van der Waals surface area contributed by atoms with E-state index in [1.807, 2.05) is 31.2 Å². The molecule has 3 rings (SSSR count). The summed E-state index contributed by atoms with van der Waals surface area (Å²) in [7, 11) is -0.804. The molecule has 0 aliphatic carbocycles. The number of carbonyl (C=O) groups is 1. The molecule has 0 aromatic heterocycles. The maximum Gasteiger partial charge on any atom is 0.261 e. The monoisotopic (exact) mass is 504 g/mol. The standard InChI is InChI=1S/C24H25ClN2O6S/c1-16(20-6-4-5-7-22(20)31-2)26-24(28)15-33-18-9-11-19(12-10-18)34(29,30)27-17-8-13-23(32-3)21(25)14-17/h4-14,16,27H,15H2,1-3H3,(H,26,28)/t16-/m1/s1. The Morgan fingerprint density at radius 1 is 0.971 bits per heavy atom. The SMILES string of the molecule is COc1ccc(NS(=O)(=O)c2ccc(OCC(=O)N[C@H](C)c3ccccc3OC)cc2)cc1Cl. The summed E-state index contributed by atoms with van der Waals surface area (Å²) in [5.74, 6) is 1.14. The van der Waals surface area contributed by atoms with Gasteiger partial charge in [-0.05, 0) is 55.5 Å². The van der Waals surface area contributed by atoms with Gasteiger partial charge in [0.25, 0.3) is 15.9 Å². The fraction of sp³-hybridized carbons (Fsp3) is 0.208. The third kappa shape index (κ3) is 6.33. The molecule has 0 fully saturated rings. The smallest absolute Gasteiger partial charge is 0.261 e. The number of carbonyl (C=O) groups excluding carboxylic acids is 1. The van der Waals surface area contributed by atoms with E-state index in [2.05, 4.69) is 10.0 Å². The van der Waals surface area contributed by atoms with Gasteiger partial charge in [-0.1, -0.05) is 29.8 Å². The Hall–Kier alpha value is -3.43. The van der Waals surface area contributed by atoms with Crippen LogP contribution in [0.3, 0.4) is 0 Å². The minimum Gasteiger partial charge on any atom is -0.496 e. The average Bonchev–Trinajstić information content (AvgIpc) is 2.83. The summed E-state index contributed by atoms with van der Waals surface area (Å²) in [6, 6.07) is 17.4. The number of methoxy groups -OCH3 is 2. The first-order valence-corrected chi connectivity index (χ1v) is 12.1. The summed E-state index contributed by atoms with van der Waals surface area (Å²) in [6.45, 7) is 1.62. The van der Waals surface area contributed by atoms with Crippen molar-refractivity contribution in [2.45, 2.75) is 17.9 Å². The van der Waals surface area contributed by atoms with E-state index in [4.69, 9.17) is 25.8 Å². The Labute approximate surface area is 203 Å². The van der Waals surface area contributed by atoms with Gasteiger partial charge in [-0.25, -0.2) is 8.42 Å². The first-order chi connectivity index (χ1) is 16.2. The number of amides is 1. The number of halogens is 1. The van der Waals surface area contributed by atoms with Crippen molar-refractivity contribution in [2.75, 3.05) is 25.5 Å². The Bertz CT molecular complexity index is 1250. The zero-order chi connectivity index (χ0) is 24.7. The van der Waals surface area contributed by atoms with Crippen LogP contribution in [0.2, 0.25) is 5.02 Å². The quantitative estimate of drug-likeness (QED) is 0.424. The van der Waals surface area contributed by atoms with Crippen LogP contribution >= 0.6 is 11.6 Å². The molecule has 0 saturated heterocycles. The first kappa shape index (κ1) is 25.2. The summed E-state index contributed by atoms with van der Waals surface area (Å²) in [6.07, 6.45) is 0. The molecule has 0 heterocycles. The van der Waals surface area contributed by atoms with Crippen molar-refractivity contribution in [2.24, 2.45) is 0 Å². The highest BCUT2D eigenvalue weighted by Gasteiger charge is 2.16. The van der Waals surface area contributed by atoms with Crippen LogP contribution in [0, 0.1) is 0 Å². The number of ether oxygens (including phenoxy) is 3. The Balaban J connectivity index is 1.57. The third-order valence-electron chi connectivity index (χ3n) is 4.89. The number of nitrogens with one attached hydrogen (secondary N) is 2. The van der Waals surface area contributed by atoms with Crippen LogP contribution in [0.1, 0.15) is 18.5 Å². The van der Waals surface area contributed by atoms with E-state index in [-0.39, 0.29) is 28.5 Å². The van der Waals surface area contributed by atoms with Gasteiger partial charge in [0, 0.05) is 5.56 Å². The highest BCUT2D eigenvalue weighted by molar-refractivity contribution is 7.92. The van der Waals surface area contributed by atoms with Crippen molar-refractivity contribution in [3.05, 3.63) is 77.3 Å². The van der Waals surface area contributed by atoms with Gasteiger partial charge in [-0.15, -0.1) is 0 Å². The van der Waals surface area contributed by atoms with Gasteiger partial charge in [0.05, 0.1) is 35.9 Å². The van der Waals surface area contributed by atoms with E-state index in [0.29, 0.717) is 22.9 Å². The lowest BCUT2D eigenvalue weighted by Crippen LogP contribution is -2.31. The van der Waals surface area contributed by atoms with Crippen molar-refractivity contribution in [1.82, 2.24) is 5.32 Å². The molecule has 1 atom stereocenters. The molecule has 3 aromatic carbocycles. The maximum atomic E-state index is 12.7. The number of hydrogen-bond donors (Lipinski definition) is 2. The van der Waals surface area contributed by atoms with E-state index in [9.17, 15) is 13.2 Å². The van der Waals surface area contributed by atoms with E-state index < -0.39 is 10.0 Å². The molecule has 0 radical (unpaired) electrons. The van der Waals surface area contributed by atoms with Crippen LogP contribution in [0.5, 0.6) is 17.2 Å². The molecule has 180 valence electrons. The Morgan fingerprint density at radius 3 is 2.29 bits per heavy atom. The zero-order valence-electron chi connectivity index (χ0n) is 18.9. The third-order valence-corrected chi connectivity index (χ3v) is 6.58. The van der Waals surface area contributed by atoms with Crippen LogP contribution in [0.25, 0.3) is 0 Å². The summed E-state index contributed by atoms with van der Waals surface area (Å²) in [5, 5.41) is 3.13. The molecular weight excluding hydrogens is 480 g/mol. The number of rotatable bonds is 10. The number of anilines is 1. The lowest BCUT2D eigenvalue weighted by atomic mass is 10.1. The summed E-state index contributed by atoms with van der Waals surface area (Å²) >= 11 is 6.05. The predicted molar refractivity (Wildman–Crippen MR) is 130 cm³/mol. The molecule has 3 aromatic rings. The number of sulfonamides is 1. The molecule has 0 saturated carbocycles. The van der Waals surface area contributed by atoms with Gasteiger partial charge in [0.2, 0.25) is 0 Å². The van der Waals surface area contributed by atoms with Crippen LogP contribution in [-0.4, -0.2) is 35.2 Å². The first-order valence-electron chi connectivity index (χ1n) is 10.2. The fourth-order valence-corrected chi connectivity index (χ4v) is 4.50. The lowest BCUT2D eigenvalue weighted by molar-refractivity contribution is -0.123. The molecule has 0 aliphatic rings. The molecule has 0 bridgehead atoms. The topological polar surface area (TPSA) is 103 Å². The molecule has 34 heavy (non-hydrogen) atoms. The van der Waals surface area contributed by atoms with E-state index in [1.165, 1.54) is 37.4 Å². The molecule has 1 amide bonds. The summed E-state index contributed by atoms with van der Waals surface area (Å²) in [5.41, 5.74) is 1.14. The van der Waals surface area contributed by atoms with Crippen molar-refractivity contribution >= 4 is 33.2 Å². The molecule has 0 spiro atoms. The van der Waals surface area contributed by atoms with Crippen molar-refractivity contribution in [1.29, 1.82) is 0 Å². The van der Waals surface area contributed by atoms with Gasteiger partial charge in [-0.2, -0.15) is 0 Å². The van der Waals surface area contributed by atoms with E-state index in [1.54, 1.807) is 19.2 Å². The second kappa shape index (κ2) is 11.1. The Morgan fingerprint density at radius 2 is 1.65 bits per heavy atom. The van der Waals surface area contributed by atoms with Crippen LogP contribution in [0.4, 0.5) is 5.69 Å². The second-order valence-electron chi connectivity index (χ2n) is 7.25. The largest absolute Gasteiger partial charge is 0.496 e. The van der Waals surface area contributed by atoms with Gasteiger partial charge >= 0.3 is 0 Å². The molecule has 0 unspecified atom stereocenters. The van der Waals surface area contributed by atoms with Crippen molar-refractivity contribution in [3.8, 4) is 17.2 Å². The van der Waals surface area contributed by atoms with Gasteiger partial charge < -0.3 is 19.5 Å². The van der Waals surface area contributed by atoms with Crippen LogP contribution < -0.4 is 24.2 Å². The Kier molecular flexibility index (Phi) is 8.25. The predicted octanol–water partition coefficient (Wildman–Crippen LogP) is 4.41. The average molecular weight is 505 g/mol. The lowest BCUT2D eigenvalue weighted by Gasteiger charge is -2.17. The molecule has 0 aliphatic heterocycles. The fourth-order valence-electron chi connectivity index (χ4n) is 3.19. The van der Waals surface area contributed by atoms with E-state index >= 15 is 0 Å². The van der Waals surface area contributed by atoms with Crippen molar-refractivity contribution in [3.63, 3.8) is 0 Å². The molecule has 8 nitrogen and oxygen atoms in total. The van der Waals surface area contributed by atoms with Crippen LogP contribution in [0.15, 0.2) is 71.6 Å². The maximum absolute atomic E-state index is 12.7. The minimum absolute atomic E-state index is 0.0287. The molecule has 10 heteroatoms. The minimum atomic E-state index is -3.85. The second-order valence-corrected chi connectivity index (χ2v) is 9.34. The van der Waals surface area contributed by atoms with Crippen molar-refractivity contribution < 1.29 is 27.4 Å². The zero-order valence-corrected chi connectivity index (χ0v) is 20.4. The number of para-hydroxylation sites is 1. The van der Waals surface area contributed by atoms with Gasteiger partial charge in [-0.3, -0.25) is 9.52 Å². The van der Waals surface area contributed by atoms with E-state index in [0.717, 1.165) is 5.56 Å². The normalized spacial score (nSPS) is 11.9. The molecule has 2 N–H and O–H groups in total. The highest BCUT2D eigenvalue weighted by Crippen LogP contribution is 2.29. The van der Waals surface area contributed by atoms with Gasteiger partial charge in [0.15, 0.2) is 6.61 Å². The highest BCUT2D eigenvalue weighted by atomic mass is 35.5. The number of benzene rings is 3. The summed E-state index contributed by atoms with van der Waals surface area (Å²) in [4.78, 5) is 12.3. The summed E-state index contributed by atoms with van der Waals surface area (Å²) < 4.78 is 43.6. The van der Waals surface area contributed by atoms with Gasteiger partial charge in [0.1, 0.15) is 17.2 Å². The number of hydrogen-bond acceptors (Lipinski definition) is 6. The van der Waals surface area contributed by atoms with Crippen LogP contribution in [-0.2, 0) is 14.8 Å².